The Morgan fingerprint density at radius 2 is 0.841 bits per heavy atom. The molecule has 4 amide bonds. The first kappa shape index (κ1) is 77.9. The Kier molecular flexibility index (Phi) is 25.7. The largest absolute Gasteiger partial charge is 0.573 e. The topological polar surface area (TPSA) is 225 Å². The molecule has 0 aliphatic carbocycles. The lowest BCUT2D eigenvalue weighted by Crippen LogP contribution is -2.22. The molecule has 9 aromatic carbocycles. The van der Waals surface area contributed by atoms with Crippen LogP contribution in [0.4, 0.5) is 75.4 Å². The van der Waals surface area contributed by atoms with Crippen LogP contribution in [0.3, 0.4) is 0 Å². The van der Waals surface area contributed by atoms with Crippen molar-refractivity contribution in [3.05, 3.63) is 272 Å². The van der Waals surface area contributed by atoms with Gasteiger partial charge in [0.2, 0.25) is 0 Å². The average molecular weight is 1490 g/mol. The smallest absolute Gasteiger partial charge is 0.493 e. The van der Waals surface area contributed by atoms with Crippen molar-refractivity contribution < 1.29 is 109 Å². The van der Waals surface area contributed by atoms with Crippen LogP contribution in [0.25, 0.3) is 33.3 Å². The number of amides is 4. The molecule has 554 valence electrons. The number of methoxy groups -OCH3 is 1. The first-order valence-electron chi connectivity index (χ1n) is 31.4. The van der Waals surface area contributed by atoms with E-state index in [9.17, 15) is 76.7 Å². The number of alkyl halides is 12. The van der Waals surface area contributed by atoms with Crippen LogP contribution in [-0.4, -0.2) is 83.4 Å². The van der Waals surface area contributed by atoms with E-state index in [4.69, 9.17) is 28.1 Å². The number of furan rings is 1. The molecule has 0 radical (unpaired) electrons. The number of imidazole rings is 1. The van der Waals surface area contributed by atoms with Crippen LogP contribution < -0.4 is 49.7 Å². The van der Waals surface area contributed by atoms with Gasteiger partial charge in [0.05, 0.1) is 47.2 Å². The highest BCUT2D eigenvalue weighted by molar-refractivity contribution is 6.05. The summed E-state index contributed by atoms with van der Waals surface area (Å²) in [4.78, 5) is 63.1. The van der Waals surface area contributed by atoms with E-state index in [-0.39, 0.29) is 46.7 Å². The Morgan fingerprint density at radius 3 is 1.31 bits per heavy atom. The highest BCUT2D eigenvalue weighted by Crippen LogP contribution is 2.38. The summed E-state index contributed by atoms with van der Waals surface area (Å²) in [6.45, 7) is -0.198. The van der Waals surface area contributed by atoms with Gasteiger partial charge in [-0.2, -0.15) is 39.5 Å². The highest BCUT2D eigenvalue weighted by atomic mass is 19.4. The number of nitrogens with zero attached hydrogens (tertiary/aromatic N) is 3. The van der Waals surface area contributed by atoms with Gasteiger partial charge in [-0.25, -0.2) is 4.98 Å². The summed E-state index contributed by atoms with van der Waals surface area (Å²) in [5, 5.41) is 11.0. The van der Waals surface area contributed by atoms with Gasteiger partial charge < -0.3 is 63.2 Å². The summed E-state index contributed by atoms with van der Waals surface area (Å²) in [6.07, 6.45) is -9.59. The van der Waals surface area contributed by atoms with Crippen LogP contribution in [0, 0.1) is 0 Å². The van der Waals surface area contributed by atoms with E-state index >= 15 is 0 Å². The van der Waals surface area contributed by atoms with Gasteiger partial charge in [-0.05, 0) is 171 Å². The fraction of sp³-hybridized carbons (Fsp3) is 0.132. The predicted molar refractivity (Wildman–Crippen MR) is 370 cm³/mol. The highest BCUT2D eigenvalue weighted by Gasteiger charge is 2.36. The summed E-state index contributed by atoms with van der Waals surface area (Å²) in [5.41, 5.74) is 0.276. The van der Waals surface area contributed by atoms with Crippen LogP contribution >= 0.6 is 0 Å². The Labute approximate surface area is 599 Å². The van der Waals surface area contributed by atoms with Crippen molar-refractivity contribution in [2.45, 2.75) is 31.8 Å². The molecule has 31 heteroatoms. The lowest BCUT2D eigenvalue weighted by Gasteiger charge is -2.14. The van der Waals surface area contributed by atoms with E-state index in [2.05, 4.69) is 31.0 Å². The average Bonchev–Trinajstić information content (AvgIpc) is 1.67. The number of carbonyl (C=O) groups excluding carboxylic acids is 5. The minimum atomic E-state index is -4.76. The summed E-state index contributed by atoms with van der Waals surface area (Å²) < 4.78 is 193. The lowest BCUT2D eigenvalue weighted by molar-refractivity contribution is -0.274. The second-order valence-corrected chi connectivity index (χ2v) is 22.3. The van der Waals surface area contributed by atoms with Gasteiger partial charge in [-0.1, -0.05) is 54.6 Å². The zero-order valence-corrected chi connectivity index (χ0v) is 55.8. The molecule has 0 atom stereocenters. The van der Waals surface area contributed by atoms with Crippen LogP contribution in [0.2, 0.25) is 0 Å². The fourth-order valence-electron chi connectivity index (χ4n) is 9.75. The number of hydrogen-bond donors (Lipinski definition) is 4. The SMILES string of the molecule is COc1cc(C(C)=O)ccc1OCC(=O)Nc1ccccc1C(F)(F)F.O=C(COc1ccc(-n2cccc2)cc1)Nc1ccccc1C(F)(F)F.O=C(COc1ccc(-n2ccnc2)cc1)Nc1ccccc1C(F)(F)F.O=C(COc1ccc2oc3ccccc3c2c1)Nc1ccc(OC(F)(F)F)cc1. The first-order valence-corrected chi connectivity index (χ1v) is 31.4. The van der Waals surface area contributed by atoms with Gasteiger partial charge in [-0.3, -0.25) is 24.0 Å². The van der Waals surface area contributed by atoms with Gasteiger partial charge in [0.1, 0.15) is 34.2 Å². The molecule has 0 aliphatic rings. The molecular weight excluding hydrogens is 1430 g/mol. The van der Waals surface area contributed by atoms with Crippen molar-refractivity contribution in [1.29, 1.82) is 0 Å². The van der Waals surface area contributed by atoms with E-state index in [1.165, 1.54) is 92.9 Å². The quantitative estimate of drug-likeness (QED) is 0.0388. The fourth-order valence-corrected chi connectivity index (χ4v) is 9.75. The van der Waals surface area contributed by atoms with Gasteiger partial charge >= 0.3 is 24.9 Å². The Hall–Kier alpha value is -13.2. The zero-order chi connectivity index (χ0) is 76.9. The maximum Gasteiger partial charge on any atom is 0.573 e. The first-order chi connectivity index (χ1) is 51.0. The monoisotopic (exact) mass is 1490 g/mol. The zero-order valence-electron chi connectivity index (χ0n) is 55.8. The molecule has 4 N–H and O–H groups in total. The molecule has 0 spiro atoms. The van der Waals surface area contributed by atoms with Crippen molar-refractivity contribution in [2.24, 2.45) is 0 Å². The number of fused-ring (bicyclic) bond motifs is 3. The second-order valence-electron chi connectivity index (χ2n) is 22.3. The van der Waals surface area contributed by atoms with Crippen molar-refractivity contribution in [1.82, 2.24) is 14.1 Å². The molecular formula is C76H59F12N7O12. The molecule has 0 aliphatic heterocycles. The maximum atomic E-state index is 12.9. The summed E-state index contributed by atoms with van der Waals surface area (Å²) in [5.74, 6) is -1.31. The molecule has 3 heterocycles. The van der Waals surface area contributed by atoms with E-state index in [0.29, 0.717) is 34.1 Å². The van der Waals surface area contributed by atoms with E-state index in [1.54, 1.807) is 77.9 Å². The van der Waals surface area contributed by atoms with Crippen LogP contribution in [0.15, 0.2) is 254 Å². The van der Waals surface area contributed by atoms with E-state index < -0.39 is 85.0 Å². The van der Waals surface area contributed by atoms with E-state index in [1.807, 2.05) is 65.5 Å². The van der Waals surface area contributed by atoms with Gasteiger partial charge in [-0.15, -0.1) is 13.2 Å². The predicted octanol–water partition coefficient (Wildman–Crippen LogP) is 17.9. The molecule has 107 heavy (non-hydrogen) atoms. The summed E-state index contributed by atoms with van der Waals surface area (Å²) in [6, 6.07) is 54.0. The van der Waals surface area contributed by atoms with Crippen LogP contribution in [-0.2, 0) is 37.7 Å². The standard InChI is InChI=1S/C21H14F3NO4.C19H15F3N2O2.C18H14F3N3O2.C18H16F3NO4/c22-21(23,24)29-14-7-5-13(6-8-14)25-20(26)12-27-15-9-10-19-17(11-15)16-3-1-2-4-18(16)28-19;20-19(21,22)16-5-1-2-6-17(16)23-18(25)13-26-15-9-7-14(8-10-15)24-11-3-4-12-24;19-18(20,21)15-3-1-2-4-16(15)23-17(25)11-26-14-7-5-13(6-8-14)24-10-9-22-12-24;1-11(23)12-7-8-15(16(9-12)25-2)26-10-17(24)22-14-6-4-3-5-13(14)18(19,20)21/h1-11H,12H2,(H,25,26);1-12H,13H2,(H,23,25);1-10,12H,11H2,(H,23,25);3-9H,10H2,1-2H3,(H,22,24). The molecule has 12 aromatic rings. The molecule has 0 saturated heterocycles. The number of ether oxygens (including phenoxy) is 6. The number of nitrogens with one attached hydrogen (secondary N) is 4. The Morgan fingerprint density at radius 1 is 0.411 bits per heavy atom. The summed E-state index contributed by atoms with van der Waals surface area (Å²) >= 11 is 0. The van der Waals surface area contributed by atoms with Crippen molar-refractivity contribution in [3.8, 4) is 45.9 Å². The molecule has 0 fully saturated rings. The lowest BCUT2D eigenvalue weighted by atomic mass is 10.1. The van der Waals surface area contributed by atoms with Crippen molar-refractivity contribution in [3.63, 3.8) is 0 Å². The number of aromatic nitrogens is 3. The number of para-hydroxylation sites is 4. The van der Waals surface area contributed by atoms with Crippen molar-refractivity contribution >= 4 is 74.1 Å². The Bertz CT molecular complexity index is 4820. The van der Waals surface area contributed by atoms with Crippen LogP contribution in [0.1, 0.15) is 34.0 Å². The number of rotatable bonds is 21. The molecule has 3 aromatic heterocycles. The number of halogens is 12. The van der Waals surface area contributed by atoms with Gasteiger partial charge in [0.25, 0.3) is 23.6 Å². The molecule has 0 saturated carbocycles. The van der Waals surface area contributed by atoms with E-state index in [0.717, 1.165) is 64.1 Å². The Balaban J connectivity index is 0.000000165. The second kappa shape index (κ2) is 35.3. The number of benzene rings is 9. The molecule has 0 unspecified atom stereocenters. The number of hydrogen-bond acceptors (Lipinski definition) is 13. The molecule has 19 nitrogen and oxygen atoms in total. The minimum Gasteiger partial charge on any atom is -0.493 e. The van der Waals surface area contributed by atoms with Gasteiger partial charge in [0, 0.05) is 58.2 Å². The third-order valence-corrected chi connectivity index (χ3v) is 14.7. The number of Topliss-reactive ketones (excluding diaryl/α,β-unsaturated/α-hetero) is 1. The number of anilines is 4. The molecule has 0 bridgehead atoms. The van der Waals surface area contributed by atoms with Crippen LogP contribution in [0.5, 0.6) is 34.5 Å². The number of ketones is 1. The normalized spacial score (nSPS) is 11.2. The van der Waals surface area contributed by atoms with Gasteiger partial charge in [0.15, 0.2) is 43.7 Å². The third kappa shape index (κ3) is 23.1. The number of carbonyl (C=O) groups is 5. The summed E-state index contributed by atoms with van der Waals surface area (Å²) in [7, 11) is 1.37. The van der Waals surface area contributed by atoms with Crippen molar-refractivity contribution in [2.75, 3.05) is 54.8 Å². The minimum absolute atomic E-state index is 0.170. The molecule has 12 rings (SSSR count). The third-order valence-electron chi connectivity index (χ3n) is 14.7. The maximum absolute atomic E-state index is 12.9.